The molecule has 1 aromatic heterocycles. The molecule has 0 spiro atoms. The molecule has 3 heterocycles. The van der Waals surface area contributed by atoms with E-state index in [0.717, 1.165) is 43.1 Å². The van der Waals surface area contributed by atoms with E-state index >= 15 is 0 Å². The summed E-state index contributed by atoms with van der Waals surface area (Å²) in [4.78, 5) is 21.7. The first-order valence-corrected chi connectivity index (χ1v) is 9.36. The van der Waals surface area contributed by atoms with E-state index in [1.807, 2.05) is 0 Å². The molecule has 23 heavy (non-hydrogen) atoms. The summed E-state index contributed by atoms with van der Waals surface area (Å²) in [6, 6.07) is 6.79. The van der Waals surface area contributed by atoms with Crippen LogP contribution < -0.4 is 4.90 Å². The number of likely N-dealkylation sites (tertiary alicyclic amines) is 1. The number of aryl methyl sites for hydroxylation is 1. The van der Waals surface area contributed by atoms with Gasteiger partial charge in [0.15, 0.2) is 5.13 Å². The number of thiazole rings is 1. The SMILES string of the molecule is Cc1ccc2nc(N3CC(C(=O)N4CCCCC4C)C3)sc2c1. The number of benzene rings is 1. The molecule has 0 N–H and O–H groups in total. The minimum atomic E-state index is 0.157. The Morgan fingerprint density at radius 2 is 2.13 bits per heavy atom. The van der Waals surface area contributed by atoms with Gasteiger partial charge < -0.3 is 9.80 Å². The number of hydrogen-bond acceptors (Lipinski definition) is 4. The van der Waals surface area contributed by atoms with Crippen molar-refractivity contribution in [2.24, 2.45) is 5.92 Å². The van der Waals surface area contributed by atoms with Gasteiger partial charge in [0, 0.05) is 25.7 Å². The molecule has 4 rings (SSSR count). The summed E-state index contributed by atoms with van der Waals surface area (Å²) in [5.41, 5.74) is 2.33. The quantitative estimate of drug-likeness (QED) is 0.847. The summed E-state index contributed by atoms with van der Waals surface area (Å²) < 4.78 is 1.24. The van der Waals surface area contributed by atoms with E-state index in [4.69, 9.17) is 4.98 Å². The normalized spacial score (nSPS) is 22.4. The van der Waals surface area contributed by atoms with Crippen LogP contribution in [0.25, 0.3) is 10.2 Å². The summed E-state index contributed by atoms with van der Waals surface area (Å²) in [6.07, 6.45) is 3.57. The van der Waals surface area contributed by atoms with Crippen LogP contribution in [0.5, 0.6) is 0 Å². The highest BCUT2D eigenvalue weighted by molar-refractivity contribution is 7.22. The van der Waals surface area contributed by atoms with Crippen LogP contribution in [0.3, 0.4) is 0 Å². The van der Waals surface area contributed by atoms with Crippen molar-refractivity contribution < 1.29 is 4.79 Å². The van der Waals surface area contributed by atoms with Crippen molar-refractivity contribution in [2.75, 3.05) is 24.5 Å². The van der Waals surface area contributed by atoms with E-state index in [2.05, 4.69) is 41.8 Å². The van der Waals surface area contributed by atoms with Gasteiger partial charge in [-0.05, 0) is 50.8 Å². The zero-order valence-electron chi connectivity index (χ0n) is 13.8. The number of amides is 1. The molecule has 2 aliphatic heterocycles. The number of aromatic nitrogens is 1. The number of piperidine rings is 1. The average Bonchev–Trinajstić information content (AvgIpc) is 2.88. The Morgan fingerprint density at radius 3 is 2.91 bits per heavy atom. The van der Waals surface area contributed by atoms with Crippen molar-refractivity contribution in [3.63, 3.8) is 0 Å². The topological polar surface area (TPSA) is 36.4 Å². The Balaban J connectivity index is 1.43. The van der Waals surface area contributed by atoms with Crippen molar-refractivity contribution in [1.82, 2.24) is 9.88 Å². The van der Waals surface area contributed by atoms with Crippen molar-refractivity contribution >= 4 is 32.6 Å². The van der Waals surface area contributed by atoms with Crippen LogP contribution in [0.2, 0.25) is 0 Å². The summed E-state index contributed by atoms with van der Waals surface area (Å²) >= 11 is 1.74. The highest BCUT2D eigenvalue weighted by Crippen LogP contribution is 2.34. The minimum absolute atomic E-state index is 0.157. The second-order valence-electron chi connectivity index (χ2n) is 6.95. The number of carbonyl (C=O) groups excluding carboxylic acids is 1. The van der Waals surface area contributed by atoms with E-state index in [-0.39, 0.29) is 5.92 Å². The fourth-order valence-corrected chi connectivity index (χ4v) is 4.69. The van der Waals surface area contributed by atoms with Crippen LogP contribution in [0.4, 0.5) is 5.13 Å². The van der Waals surface area contributed by atoms with Gasteiger partial charge in [-0.25, -0.2) is 4.98 Å². The molecule has 122 valence electrons. The molecule has 1 atom stereocenters. The fourth-order valence-electron chi connectivity index (χ4n) is 3.61. The monoisotopic (exact) mass is 329 g/mol. The number of carbonyl (C=O) groups is 1. The molecule has 0 radical (unpaired) electrons. The summed E-state index contributed by atoms with van der Waals surface area (Å²) in [7, 11) is 0. The lowest BCUT2D eigenvalue weighted by molar-refractivity contribution is -0.139. The van der Waals surface area contributed by atoms with Crippen LogP contribution in [0, 0.1) is 12.8 Å². The molecule has 0 aliphatic carbocycles. The third kappa shape index (κ3) is 2.71. The van der Waals surface area contributed by atoms with Crippen molar-refractivity contribution in [3.8, 4) is 0 Å². The van der Waals surface area contributed by atoms with Crippen LogP contribution >= 0.6 is 11.3 Å². The maximum absolute atomic E-state index is 12.7. The second kappa shape index (κ2) is 5.78. The lowest BCUT2D eigenvalue weighted by Crippen LogP contribution is -2.56. The van der Waals surface area contributed by atoms with Gasteiger partial charge in [-0.3, -0.25) is 4.79 Å². The highest BCUT2D eigenvalue weighted by atomic mass is 32.1. The standard InChI is InChI=1S/C18H23N3OS/c1-12-6-7-15-16(9-12)23-18(19-15)20-10-14(11-20)17(22)21-8-4-3-5-13(21)2/h6-7,9,13-14H,3-5,8,10-11H2,1-2H3. The van der Waals surface area contributed by atoms with E-state index in [1.165, 1.54) is 16.7 Å². The summed E-state index contributed by atoms with van der Waals surface area (Å²) in [6.45, 7) is 6.87. The van der Waals surface area contributed by atoms with Gasteiger partial charge >= 0.3 is 0 Å². The van der Waals surface area contributed by atoms with E-state index in [9.17, 15) is 4.79 Å². The van der Waals surface area contributed by atoms with Gasteiger partial charge in [-0.1, -0.05) is 17.4 Å². The van der Waals surface area contributed by atoms with Crippen LogP contribution in [0.1, 0.15) is 31.7 Å². The third-order valence-electron chi connectivity index (χ3n) is 5.12. The molecule has 4 nitrogen and oxygen atoms in total. The molecule has 5 heteroatoms. The smallest absolute Gasteiger partial charge is 0.229 e. The van der Waals surface area contributed by atoms with E-state index in [1.54, 1.807) is 11.3 Å². The third-order valence-corrected chi connectivity index (χ3v) is 6.20. The molecule has 0 saturated carbocycles. The van der Waals surface area contributed by atoms with Crippen molar-refractivity contribution in [1.29, 1.82) is 0 Å². The Kier molecular flexibility index (Phi) is 3.76. The molecular formula is C18H23N3OS. The maximum Gasteiger partial charge on any atom is 0.229 e. The number of anilines is 1. The van der Waals surface area contributed by atoms with Crippen LogP contribution in [0.15, 0.2) is 18.2 Å². The molecule has 2 aliphatic rings. The summed E-state index contributed by atoms with van der Waals surface area (Å²) in [5, 5.41) is 1.06. The first-order chi connectivity index (χ1) is 11.1. The lowest BCUT2D eigenvalue weighted by Gasteiger charge is -2.43. The van der Waals surface area contributed by atoms with Crippen molar-refractivity contribution in [3.05, 3.63) is 23.8 Å². The Morgan fingerprint density at radius 1 is 1.30 bits per heavy atom. The molecule has 2 aromatic rings. The average molecular weight is 329 g/mol. The molecule has 0 bridgehead atoms. The van der Waals surface area contributed by atoms with Gasteiger partial charge in [0.1, 0.15) is 0 Å². The van der Waals surface area contributed by atoms with Crippen LogP contribution in [-0.4, -0.2) is 41.5 Å². The van der Waals surface area contributed by atoms with Gasteiger partial charge in [0.05, 0.1) is 16.1 Å². The molecule has 1 aromatic carbocycles. The van der Waals surface area contributed by atoms with E-state index < -0.39 is 0 Å². The molecule has 2 fully saturated rings. The minimum Gasteiger partial charge on any atom is -0.346 e. The van der Waals surface area contributed by atoms with E-state index in [0.29, 0.717) is 11.9 Å². The predicted molar refractivity (Wildman–Crippen MR) is 95.1 cm³/mol. The number of fused-ring (bicyclic) bond motifs is 1. The molecular weight excluding hydrogens is 306 g/mol. The zero-order valence-corrected chi connectivity index (χ0v) is 14.6. The van der Waals surface area contributed by atoms with Gasteiger partial charge in [0.2, 0.25) is 5.91 Å². The Bertz CT molecular complexity index is 735. The van der Waals surface area contributed by atoms with Crippen LogP contribution in [-0.2, 0) is 4.79 Å². The maximum atomic E-state index is 12.7. The zero-order chi connectivity index (χ0) is 16.0. The fraction of sp³-hybridized carbons (Fsp3) is 0.556. The number of nitrogens with zero attached hydrogens (tertiary/aromatic N) is 3. The van der Waals surface area contributed by atoms with Gasteiger partial charge in [0.25, 0.3) is 0 Å². The first kappa shape index (κ1) is 14.9. The Hall–Kier alpha value is -1.62. The number of hydrogen-bond donors (Lipinski definition) is 0. The number of rotatable bonds is 2. The molecule has 1 amide bonds. The first-order valence-electron chi connectivity index (χ1n) is 8.54. The largest absolute Gasteiger partial charge is 0.346 e. The highest BCUT2D eigenvalue weighted by Gasteiger charge is 2.38. The second-order valence-corrected chi connectivity index (χ2v) is 7.96. The molecule has 2 saturated heterocycles. The molecule has 1 unspecified atom stereocenters. The van der Waals surface area contributed by atoms with Crippen molar-refractivity contribution in [2.45, 2.75) is 39.2 Å². The van der Waals surface area contributed by atoms with Gasteiger partial charge in [-0.2, -0.15) is 0 Å². The lowest BCUT2D eigenvalue weighted by atomic mass is 9.95. The van der Waals surface area contributed by atoms with Gasteiger partial charge in [-0.15, -0.1) is 0 Å². The predicted octanol–water partition coefficient (Wildman–Crippen LogP) is 3.44. The summed E-state index contributed by atoms with van der Waals surface area (Å²) in [5.74, 6) is 0.509. The Labute approximate surface area is 141 Å².